The molecule has 0 bridgehead atoms. The summed E-state index contributed by atoms with van der Waals surface area (Å²) in [4.78, 5) is 24.9. The average Bonchev–Trinajstić information content (AvgIpc) is 2.64. The molecule has 3 rings (SSSR count). The number of likely N-dealkylation sites (tertiary alicyclic amines) is 1. The Balaban J connectivity index is 1.65. The standard InChI is InChI=1S/C18H25N3O5S/c1-27(25,26)15-6-7-16(17(10-15)21(23)24)19-11-18(22)20-9-8-13-4-2-3-5-14(13)12-20/h6-7,10,13-14,19H,2-5,8-9,11-12H2,1H3/t13-,14-/m1/s1. The van der Waals surface area contributed by atoms with Crippen molar-refractivity contribution in [3.05, 3.63) is 28.3 Å². The minimum atomic E-state index is -3.54. The fourth-order valence-electron chi connectivity index (χ4n) is 4.15. The van der Waals surface area contributed by atoms with Gasteiger partial charge >= 0.3 is 0 Å². The smallest absolute Gasteiger partial charge is 0.293 e. The van der Waals surface area contributed by atoms with E-state index in [4.69, 9.17) is 0 Å². The van der Waals surface area contributed by atoms with E-state index < -0.39 is 14.8 Å². The van der Waals surface area contributed by atoms with Gasteiger partial charge in [0.15, 0.2) is 9.84 Å². The molecule has 148 valence electrons. The first kappa shape index (κ1) is 19.6. The highest BCUT2D eigenvalue weighted by Crippen LogP contribution is 2.36. The summed E-state index contributed by atoms with van der Waals surface area (Å²) in [6, 6.07) is 3.67. The Bertz CT molecular complexity index is 839. The molecule has 0 radical (unpaired) electrons. The van der Waals surface area contributed by atoms with E-state index in [1.165, 1.54) is 37.8 Å². The molecule has 0 unspecified atom stereocenters. The third-order valence-corrected chi connectivity index (χ3v) is 6.78. The summed E-state index contributed by atoms with van der Waals surface area (Å²) in [5.74, 6) is 1.21. The number of nitrogens with one attached hydrogen (secondary N) is 1. The molecule has 1 aromatic carbocycles. The zero-order valence-electron chi connectivity index (χ0n) is 15.4. The van der Waals surface area contributed by atoms with Crippen molar-refractivity contribution in [2.45, 2.75) is 37.0 Å². The molecule has 9 heteroatoms. The highest BCUT2D eigenvalue weighted by Gasteiger charge is 2.32. The van der Waals surface area contributed by atoms with Crippen LogP contribution < -0.4 is 5.32 Å². The van der Waals surface area contributed by atoms with Crippen molar-refractivity contribution in [3.8, 4) is 0 Å². The highest BCUT2D eigenvalue weighted by atomic mass is 32.2. The van der Waals surface area contributed by atoms with E-state index in [9.17, 15) is 23.3 Å². The summed E-state index contributed by atoms with van der Waals surface area (Å²) < 4.78 is 23.2. The predicted molar refractivity (Wildman–Crippen MR) is 101 cm³/mol. The van der Waals surface area contributed by atoms with Crippen LogP contribution in [0.1, 0.15) is 32.1 Å². The van der Waals surface area contributed by atoms with Crippen molar-refractivity contribution in [3.63, 3.8) is 0 Å². The Hall–Kier alpha value is -2.16. The van der Waals surface area contributed by atoms with Crippen LogP contribution in [0.25, 0.3) is 0 Å². The van der Waals surface area contributed by atoms with Gasteiger partial charge in [-0.1, -0.05) is 19.3 Å². The Morgan fingerprint density at radius 1 is 1.26 bits per heavy atom. The Morgan fingerprint density at radius 3 is 2.63 bits per heavy atom. The second-order valence-corrected chi connectivity index (χ2v) is 9.51. The van der Waals surface area contributed by atoms with Gasteiger partial charge in [-0.2, -0.15) is 0 Å². The van der Waals surface area contributed by atoms with Gasteiger partial charge in [0.25, 0.3) is 5.69 Å². The SMILES string of the molecule is CS(=O)(=O)c1ccc(NCC(=O)N2CC[C@H]3CCCC[C@@H]3C2)c([N+](=O)[O-])c1. The number of nitro benzene ring substituents is 1. The largest absolute Gasteiger partial charge is 0.371 e. The summed E-state index contributed by atoms with van der Waals surface area (Å²) in [6.45, 7) is 1.45. The van der Waals surface area contributed by atoms with E-state index in [0.29, 0.717) is 5.92 Å². The van der Waals surface area contributed by atoms with E-state index in [0.717, 1.165) is 37.8 Å². The Morgan fingerprint density at radius 2 is 1.96 bits per heavy atom. The van der Waals surface area contributed by atoms with E-state index in [-0.39, 0.29) is 28.7 Å². The van der Waals surface area contributed by atoms with E-state index in [1.807, 2.05) is 4.90 Å². The van der Waals surface area contributed by atoms with Crippen molar-refractivity contribution in [1.82, 2.24) is 4.90 Å². The molecule has 27 heavy (non-hydrogen) atoms. The zero-order chi connectivity index (χ0) is 19.6. The fraction of sp³-hybridized carbons (Fsp3) is 0.611. The minimum absolute atomic E-state index is 0.0452. The Labute approximate surface area is 159 Å². The van der Waals surface area contributed by atoms with Crippen LogP contribution in [-0.4, -0.2) is 50.0 Å². The van der Waals surface area contributed by atoms with Gasteiger partial charge in [-0.15, -0.1) is 0 Å². The number of nitro groups is 1. The van der Waals surface area contributed by atoms with Gasteiger partial charge in [0, 0.05) is 25.4 Å². The van der Waals surface area contributed by atoms with Crippen molar-refractivity contribution < 1.29 is 18.1 Å². The van der Waals surface area contributed by atoms with E-state index in [2.05, 4.69) is 5.32 Å². The van der Waals surface area contributed by atoms with Crippen LogP contribution in [0.2, 0.25) is 0 Å². The number of anilines is 1. The summed E-state index contributed by atoms with van der Waals surface area (Å²) in [5, 5.41) is 14.1. The van der Waals surface area contributed by atoms with Gasteiger partial charge in [0.1, 0.15) is 5.69 Å². The van der Waals surface area contributed by atoms with Crippen LogP contribution in [0, 0.1) is 22.0 Å². The van der Waals surface area contributed by atoms with Gasteiger partial charge < -0.3 is 10.2 Å². The van der Waals surface area contributed by atoms with Crippen molar-refractivity contribution in [2.24, 2.45) is 11.8 Å². The molecule has 1 amide bonds. The second-order valence-electron chi connectivity index (χ2n) is 7.49. The lowest BCUT2D eigenvalue weighted by Gasteiger charge is -2.41. The molecular formula is C18H25N3O5S. The quantitative estimate of drug-likeness (QED) is 0.606. The number of piperidine rings is 1. The van der Waals surface area contributed by atoms with Crippen LogP contribution in [0.4, 0.5) is 11.4 Å². The number of carbonyl (C=O) groups is 1. The number of benzene rings is 1. The zero-order valence-corrected chi connectivity index (χ0v) is 16.2. The number of hydrogen-bond acceptors (Lipinski definition) is 6. The molecule has 8 nitrogen and oxygen atoms in total. The van der Waals surface area contributed by atoms with Crippen LogP contribution >= 0.6 is 0 Å². The maximum atomic E-state index is 12.6. The molecule has 1 aliphatic heterocycles. The summed E-state index contributed by atoms with van der Waals surface area (Å²) >= 11 is 0. The molecule has 1 aromatic rings. The number of amides is 1. The topological polar surface area (TPSA) is 110 Å². The predicted octanol–water partition coefficient (Wildman–Crippen LogP) is 2.45. The minimum Gasteiger partial charge on any atom is -0.371 e. The fourth-order valence-corrected chi connectivity index (χ4v) is 4.79. The maximum Gasteiger partial charge on any atom is 0.293 e. The van der Waals surface area contributed by atoms with E-state index in [1.54, 1.807) is 0 Å². The van der Waals surface area contributed by atoms with Crippen molar-refractivity contribution in [2.75, 3.05) is 31.2 Å². The van der Waals surface area contributed by atoms with Gasteiger partial charge in [-0.05, 0) is 36.8 Å². The molecular weight excluding hydrogens is 370 g/mol. The van der Waals surface area contributed by atoms with Gasteiger partial charge in [-0.3, -0.25) is 14.9 Å². The average molecular weight is 395 g/mol. The van der Waals surface area contributed by atoms with Crippen LogP contribution in [-0.2, 0) is 14.6 Å². The monoisotopic (exact) mass is 395 g/mol. The number of fused-ring (bicyclic) bond motifs is 1. The molecule has 2 fully saturated rings. The lowest BCUT2D eigenvalue weighted by molar-refractivity contribution is -0.384. The number of carbonyl (C=O) groups excluding carboxylic acids is 1. The van der Waals surface area contributed by atoms with Crippen LogP contribution in [0.5, 0.6) is 0 Å². The second kappa shape index (κ2) is 7.84. The van der Waals surface area contributed by atoms with Gasteiger partial charge in [-0.25, -0.2) is 8.42 Å². The summed E-state index contributed by atoms with van der Waals surface area (Å²) in [6.07, 6.45) is 6.95. The summed E-state index contributed by atoms with van der Waals surface area (Å²) in [7, 11) is -3.54. The summed E-state index contributed by atoms with van der Waals surface area (Å²) in [5.41, 5.74) is -0.204. The van der Waals surface area contributed by atoms with Crippen LogP contribution in [0.15, 0.2) is 23.1 Å². The van der Waals surface area contributed by atoms with E-state index >= 15 is 0 Å². The number of sulfone groups is 1. The first-order valence-corrected chi connectivity index (χ1v) is 11.1. The first-order chi connectivity index (χ1) is 12.8. The third kappa shape index (κ3) is 4.58. The number of hydrogen-bond donors (Lipinski definition) is 1. The number of nitrogens with zero attached hydrogens (tertiary/aromatic N) is 2. The highest BCUT2D eigenvalue weighted by molar-refractivity contribution is 7.90. The molecule has 2 aliphatic rings. The molecule has 1 saturated heterocycles. The molecule has 0 spiro atoms. The first-order valence-electron chi connectivity index (χ1n) is 9.26. The van der Waals surface area contributed by atoms with Gasteiger partial charge in [0.05, 0.1) is 16.4 Å². The van der Waals surface area contributed by atoms with Crippen molar-refractivity contribution in [1.29, 1.82) is 0 Å². The molecule has 1 saturated carbocycles. The normalized spacial score (nSPS) is 22.8. The molecule has 2 atom stereocenters. The molecule has 1 heterocycles. The number of rotatable bonds is 5. The molecule has 1 aliphatic carbocycles. The lowest BCUT2D eigenvalue weighted by atomic mass is 9.75. The van der Waals surface area contributed by atoms with Crippen LogP contribution in [0.3, 0.4) is 0 Å². The lowest BCUT2D eigenvalue weighted by Crippen LogP contribution is -2.46. The van der Waals surface area contributed by atoms with Crippen molar-refractivity contribution >= 4 is 27.1 Å². The molecule has 1 N–H and O–H groups in total. The Kier molecular flexibility index (Phi) is 5.69. The third-order valence-electron chi connectivity index (χ3n) is 5.67. The van der Waals surface area contributed by atoms with Gasteiger partial charge in [0.2, 0.25) is 5.91 Å². The molecule has 0 aromatic heterocycles. The maximum absolute atomic E-state index is 12.6.